The molecule has 0 aliphatic rings. The van der Waals surface area contributed by atoms with Crippen LogP contribution in [0.25, 0.3) is 11.1 Å². The van der Waals surface area contributed by atoms with E-state index in [1.54, 1.807) is 33.0 Å². The molecule has 0 radical (unpaired) electrons. The first-order valence-electron chi connectivity index (χ1n) is 6.01. The zero-order valence-corrected chi connectivity index (χ0v) is 11.2. The fraction of sp³-hybridized carbons (Fsp3) is 0.385. The zero-order chi connectivity index (χ0) is 14.0. The number of aromatic amines is 1. The summed E-state index contributed by atoms with van der Waals surface area (Å²) >= 11 is 0. The molecule has 6 nitrogen and oxygen atoms in total. The van der Waals surface area contributed by atoms with Crippen molar-refractivity contribution in [1.82, 2.24) is 15.6 Å². The fourth-order valence-corrected chi connectivity index (χ4v) is 1.63. The Balaban J connectivity index is 2.10. The molecule has 0 spiro atoms. The highest BCUT2D eigenvalue weighted by Crippen LogP contribution is 2.12. The second-order valence-corrected chi connectivity index (χ2v) is 4.90. The van der Waals surface area contributed by atoms with E-state index < -0.39 is 11.3 Å². The number of fused-ring (bicyclic) bond motifs is 1. The molecule has 1 aromatic carbocycles. The van der Waals surface area contributed by atoms with E-state index in [2.05, 4.69) is 15.6 Å². The van der Waals surface area contributed by atoms with Crippen molar-refractivity contribution in [2.45, 2.75) is 25.9 Å². The van der Waals surface area contributed by atoms with Crippen molar-refractivity contribution in [2.75, 3.05) is 7.05 Å². The van der Waals surface area contributed by atoms with Gasteiger partial charge < -0.3 is 15.1 Å². The minimum atomic E-state index is -0.617. The average molecular weight is 263 g/mol. The molecule has 0 saturated carbocycles. The lowest BCUT2D eigenvalue weighted by molar-refractivity contribution is -0.126. The minimum absolute atomic E-state index is 0.0872. The summed E-state index contributed by atoms with van der Waals surface area (Å²) in [6, 6.07) is 5.30. The highest BCUT2D eigenvalue weighted by atomic mass is 16.4. The summed E-state index contributed by atoms with van der Waals surface area (Å²) < 4.78 is 4.91. The lowest BCUT2D eigenvalue weighted by Crippen LogP contribution is -2.50. The van der Waals surface area contributed by atoms with E-state index >= 15 is 0 Å². The molecule has 0 bridgehead atoms. The molecule has 3 N–H and O–H groups in total. The summed E-state index contributed by atoms with van der Waals surface area (Å²) in [7, 11) is 1.74. The molecule has 0 aliphatic heterocycles. The lowest BCUT2D eigenvalue weighted by Gasteiger charge is -2.22. The fourth-order valence-electron chi connectivity index (χ4n) is 1.63. The third-order valence-electron chi connectivity index (χ3n) is 3.13. The largest absolute Gasteiger partial charge is 0.417 e. The zero-order valence-electron chi connectivity index (χ0n) is 11.2. The summed E-state index contributed by atoms with van der Waals surface area (Å²) in [5.41, 5.74) is 1.42. The Kier molecular flexibility index (Phi) is 3.44. The number of likely N-dealkylation sites (N-methyl/N-ethyl adjacent to an activating group) is 1. The summed E-state index contributed by atoms with van der Waals surface area (Å²) in [5.74, 6) is -0.566. The van der Waals surface area contributed by atoms with Crippen LogP contribution < -0.4 is 16.4 Å². The maximum Gasteiger partial charge on any atom is 0.417 e. The molecular weight excluding hydrogens is 246 g/mol. The Hall–Kier alpha value is -2.08. The Morgan fingerprint density at radius 1 is 1.42 bits per heavy atom. The number of amides is 1. The number of aromatic nitrogens is 1. The number of H-pyrrole nitrogens is 1. The van der Waals surface area contributed by atoms with Crippen molar-refractivity contribution in [3.05, 3.63) is 34.3 Å². The van der Waals surface area contributed by atoms with Crippen LogP contribution in [0.2, 0.25) is 0 Å². The molecular formula is C13H17N3O3. The maximum atomic E-state index is 11.9. The third kappa shape index (κ3) is 2.85. The van der Waals surface area contributed by atoms with Crippen molar-refractivity contribution in [3.8, 4) is 0 Å². The third-order valence-corrected chi connectivity index (χ3v) is 3.13. The second kappa shape index (κ2) is 4.89. The van der Waals surface area contributed by atoms with Crippen LogP contribution in [0.1, 0.15) is 19.4 Å². The smallest absolute Gasteiger partial charge is 0.408 e. The quantitative estimate of drug-likeness (QED) is 0.759. The molecule has 0 atom stereocenters. The molecule has 1 heterocycles. The summed E-state index contributed by atoms with van der Waals surface area (Å²) in [4.78, 5) is 25.5. The van der Waals surface area contributed by atoms with Crippen LogP contribution in [0.15, 0.2) is 27.4 Å². The van der Waals surface area contributed by atoms with Gasteiger partial charge in [0, 0.05) is 6.54 Å². The van der Waals surface area contributed by atoms with Crippen molar-refractivity contribution in [1.29, 1.82) is 0 Å². The number of benzene rings is 1. The summed E-state index contributed by atoms with van der Waals surface area (Å²) in [6.07, 6.45) is 0. The maximum absolute atomic E-state index is 11.9. The number of carbonyl (C=O) groups is 1. The second-order valence-electron chi connectivity index (χ2n) is 4.90. The molecule has 0 fully saturated rings. The Morgan fingerprint density at radius 2 is 2.16 bits per heavy atom. The van der Waals surface area contributed by atoms with Gasteiger partial charge in [-0.3, -0.25) is 9.78 Å². The highest BCUT2D eigenvalue weighted by Gasteiger charge is 2.24. The van der Waals surface area contributed by atoms with E-state index in [1.165, 1.54) is 0 Å². The Labute approximate surface area is 110 Å². The number of oxazole rings is 1. The van der Waals surface area contributed by atoms with Crippen molar-refractivity contribution < 1.29 is 9.21 Å². The van der Waals surface area contributed by atoms with E-state index in [4.69, 9.17) is 4.42 Å². The van der Waals surface area contributed by atoms with E-state index in [9.17, 15) is 9.59 Å². The van der Waals surface area contributed by atoms with Gasteiger partial charge in [0.2, 0.25) is 5.91 Å². The van der Waals surface area contributed by atoms with Gasteiger partial charge >= 0.3 is 5.76 Å². The number of nitrogens with one attached hydrogen (secondary N) is 3. The molecule has 0 saturated heterocycles. The SMILES string of the molecule is CNC(C)(C)C(=O)NCc1ccc2oc(=O)[nH]c2c1. The highest BCUT2D eigenvalue weighted by molar-refractivity contribution is 5.85. The van der Waals surface area contributed by atoms with Crippen LogP contribution in [0.4, 0.5) is 0 Å². The van der Waals surface area contributed by atoms with E-state index in [1.807, 2.05) is 6.07 Å². The van der Waals surface area contributed by atoms with Gasteiger partial charge in [-0.2, -0.15) is 0 Å². The molecule has 2 aromatic rings. The first-order valence-corrected chi connectivity index (χ1v) is 6.01. The van der Waals surface area contributed by atoms with Gasteiger partial charge in [0.15, 0.2) is 5.58 Å². The lowest BCUT2D eigenvalue weighted by atomic mass is 10.1. The number of hydrogen-bond donors (Lipinski definition) is 3. The Bertz CT molecular complexity index is 654. The van der Waals surface area contributed by atoms with Crippen LogP contribution in [0.5, 0.6) is 0 Å². The molecule has 0 aliphatic carbocycles. The first-order chi connectivity index (χ1) is 8.92. The van der Waals surface area contributed by atoms with Crippen molar-refractivity contribution in [3.63, 3.8) is 0 Å². The number of hydrogen-bond acceptors (Lipinski definition) is 4. The number of rotatable bonds is 4. The predicted molar refractivity (Wildman–Crippen MR) is 71.8 cm³/mol. The van der Waals surface area contributed by atoms with E-state index in [0.29, 0.717) is 17.6 Å². The van der Waals surface area contributed by atoms with Crippen molar-refractivity contribution >= 4 is 17.0 Å². The van der Waals surface area contributed by atoms with Gasteiger partial charge in [-0.05, 0) is 38.6 Å². The van der Waals surface area contributed by atoms with Crippen LogP contribution >= 0.6 is 0 Å². The molecule has 6 heteroatoms. The van der Waals surface area contributed by atoms with Crippen molar-refractivity contribution in [2.24, 2.45) is 0 Å². The first kappa shape index (κ1) is 13.4. The average Bonchev–Trinajstić information content (AvgIpc) is 2.74. The molecule has 1 aromatic heterocycles. The topological polar surface area (TPSA) is 87.1 Å². The van der Waals surface area contributed by atoms with Gasteiger partial charge in [0.1, 0.15) is 0 Å². The van der Waals surface area contributed by atoms with Gasteiger partial charge in [-0.1, -0.05) is 6.07 Å². The van der Waals surface area contributed by atoms with E-state index in [0.717, 1.165) is 5.56 Å². The van der Waals surface area contributed by atoms with E-state index in [-0.39, 0.29) is 5.91 Å². The van der Waals surface area contributed by atoms with Crippen LogP contribution in [0.3, 0.4) is 0 Å². The molecule has 2 rings (SSSR count). The predicted octanol–water partition coefficient (Wildman–Crippen LogP) is 0.735. The van der Waals surface area contributed by atoms with Crippen LogP contribution in [-0.2, 0) is 11.3 Å². The molecule has 19 heavy (non-hydrogen) atoms. The molecule has 102 valence electrons. The standard InChI is InChI=1S/C13H17N3O3/c1-13(2,14-3)11(17)15-7-8-4-5-10-9(6-8)16-12(18)19-10/h4-6,14H,7H2,1-3H3,(H,15,17)(H,16,18). The molecule has 0 unspecified atom stereocenters. The molecule has 1 amide bonds. The van der Waals surface area contributed by atoms with Gasteiger partial charge in [-0.15, -0.1) is 0 Å². The monoisotopic (exact) mass is 263 g/mol. The minimum Gasteiger partial charge on any atom is -0.408 e. The summed E-state index contributed by atoms with van der Waals surface area (Å²) in [6.45, 7) is 4.01. The van der Waals surface area contributed by atoms with Crippen LogP contribution in [0, 0.1) is 0 Å². The summed E-state index contributed by atoms with van der Waals surface area (Å²) in [5, 5.41) is 5.77. The van der Waals surface area contributed by atoms with Gasteiger partial charge in [-0.25, -0.2) is 4.79 Å². The van der Waals surface area contributed by atoms with Gasteiger partial charge in [0.05, 0.1) is 11.1 Å². The normalized spacial score (nSPS) is 11.7. The van der Waals surface area contributed by atoms with Crippen LogP contribution in [-0.4, -0.2) is 23.5 Å². The van der Waals surface area contributed by atoms with Gasteiger partial charge in [0.25, 0.3) is 0 Å². The Morgan fingerprint density at radius 3 is 2.84 bits per heavy atom. The number of carbonyl (C=O) groups excluding carboxylic acids is 1.